The lowest BCUT2D eigenvalue weighted by Crippen LogP contribution is -2.61. The van der Waals surface area contributed by atoms with Crippen molar-refractivity contribution in [2.24, 2.45) is 0 Å². The summed E-state index contributed by atoms with van der Waals surface area (Å²) in [6, 6.07) is 166. The van der Waals surface area contributed by atoms with Gasteiger partial charge in [-0.1, -0.05) is 261 Å². The number of rotatable bonds is 11. The molecule has 0 aliphatic carbocycles. The van der Waals surface area contributed by atoms with Crippen molar-refractivity contribution in [3.8, 4) is 22.3 Å². The number of benzene rings is 20. The topological polar surface area (TPSA) is 49.0 Å². The summed E-state index contributed by atoms with van der Waals surface area (Å²) < 4.78 is 17.1. The van der Waals surface area contributed by atoms with Crippen LogP contribution < -0.4 is 83.5 Å². The van der Waals surface area contributed by atoms with E-state index < -0.39 is 0 Å². The predicted octanol–water partition coefficient (Wildman–Crippen LogP) is 26.9. The molecule has 6 aliphatic heterocycles. The van der Waals surface area contributed by atoms with Gasteiger partial charge in [0, 0.05) is 151 Å². The number of furan rings is 2. The highest BCUT2D eigenvalue weighted by Crippen LogP contribution is 2.55. The predicted molar refractivity (Wildman–Crippen MR) is 562 cm³/mol. The smallest absolute Gasteiger partial charge is 0.252 e. The number of hydrogen-bond donors (Lipinski definition) is 0. The van der Waals surface area contributed by atoms with Gasteiger partial charge in [-0.2, -0.15) is 0 Å². The molecule has 133 heavy (non-hydrogen) atoms. The van der Waals surface area contributed by atoms with Gasteiger partial charge >= 0.3 is 0 Å². The molecule has 6 aliphatic rings. The summed E-state index contributed by atoms with van der Waals surface area (Å²) in [4.78, 5) is 17.4. The van der Waals surface area contributed by atoms with Crippen molar-refractivity contribution in [2.45, 2.75) is 0 Å². The lowest BCUT2D eigenvalue weighted by atomic mass is 9.33. The van der Waals surface area contributed by atoms with Gasteiger partial charge in [0.2, 0.25) is 0 Å². The molecule has 0 atom stereocenters. The summed E-state index contributed by atoms with van der Waals surface area (Å²) >= 11 is 1.91. The second kappa shape index (κ2) is 28.8. The zero-order valence-corrected chi connectivity index (χ0v) is 72.6. The van der Waals surface area contributed by atoms with Crippen LogP contribution in [0, 0.1) is 0 Å². The van der Waals surface area contributed by atoms with Crippen LogP contribution in [0.2, 0.25) is 0 Å². The summed E-state index contributed by atoms with van der Waals surface area (Å²) in [5.41, 5.74) is 42.4. The number of para-hydroxylation sites is 9. The van der Waals surface area contributed by atoms with E-state index in [1.165, 1.54) is 97.7 Å². The third-order valence-electron chi connectivity index (χ3n) is 28.7. The van der Waals surface area contributed by atoms with Crippen molar-refractivity contribution in [1.29, 1.82) is 0 Å². The SMILES string of the molecule is c1ccc(N(c2ccccc2)c2ccc3c(c2)N(c2ccccc2)c2cccc4c2B3c2cc3c(cc2N4c2cccc(-c4ccc5oc6c7c(ccc6c5c4)B4c5ccccc5N(c5ccccc5)c5cccc(c54)N7c4cccc(-c5cccc6sc7c8c(ccc7c56)B5c6ccccc6N(c6ccccc6)c6cccc(c65)N8c5ccccc5)c4)c2)oc2ccccc23)cc1. The van der Waals surface area contributed by atoms with E-state index in [0.717, 1.165) is 157 Å². The molecule has 13 heteroatoms. The Bertz CT molecular complexity index is 8780. The van der Waals surface area contributed by atoms with Crippen LogP contribution in [0.3, 0.4) is 0 Å². The first-order valence-electron chi connectivity index (χ1n) is 45.8. The van der Waals surface area contributed by atoms with Gasteiger partial charge in [0.05, 0.1) is 16.1 Å². The monoisotopic (exact) mass is 1710 g/mol. The molecular formula is C120H74B3N7O2S. The molecule has 616 valence electrons. The Kier molecular flexibility index (Phi) is 16.0. The molecule has 9 heterocycles. The second-order valence-electron chi connectivity index (χ2n) is 35.6. The van der Waals surface area contributed by atoms with Crippen molar-refractivity contribution >= 4 is 264 Å². The Balaban J connectivity index is 0.591. The van der Waals surface area contributed by atoms with Gasteiger partial charge in [0.1, 0.15) is 16.7 Å². The van der Waals surface area contributed by atoms with Gasteiger partial charge in [-0.15, -0.1) is 11.3 Å². The molecule has 3 aromatic heterocycles. The molecular weight excluding hydrogens is 1640 g/mol. The van der Waals surface area contributed by atoms with Crippen LogP contribution in [0.5, 0.6) is 0 Å². The maximum absolute atomic E-state index is 7.65. The highest BCUT2D eigenvalue weighted by Gasteiger charge is 2.49. The minimum absolute atomic E-state index is 0.0175. The minimum Gasteiger partial charge on any atom is -0.456 e. The zero-order valence-electron chi connectivity index (χ0n) is 71.8. The van der Waals surface area contributed by atoms with Gasteiger partial charge in [-0.25, -0.2) is 0 Å². The van der Waals surface area contributed by atoms with Crippen LogP contribution in [0.4, 0.5) is 119 Å². The number of anilines is 21. The summed E-state index contributed by atoms with van der Waals surface area (Å²) in [5, 5.41) is 6.73. The first-order valence-corrected chi connectivity index (χ1v) is 46.6. The van der Waals surface area contributed by atoms with E-state index >= 15 is 0 Å². The van der Waals surface area contributed by atoms with E-state index in [0.29, 0.717) is 0 Å². The lowest BCUT2D eigenvalue weighted by Gasteiger charge is -2.44. The third-order valence-corrected chi connectivity index (χ3v) is 29.9. The molecule has 29 rings (SSSR count). The van der Waals surface area contributed by atoms with Crippen LogP contribution in [0.1, 0.15) is 0 Å². The Hall–Kier alpha value is -17.0. The van der Waals surface area contributed by atoms with E-state index in [4.69, 9.17) is 8.83 Å². The third kappa shape index (κ3) is 10.8. The van der Waals surface area contributed by atoms with Crippen molar-refractivity contribution in [2.75, 3.05) is 34.3 Å². The highest BCUT2D eigenvalue weighted by atomic mass is 32.1. The fourth-order valence-electron chi connectivity index (χ4n) is 23.3. The fraction of sp³-hybridized carbons (Fsp3) is 0. The van der Waals surface area contributed by atoms with Crippen LogP contribution in [-0.2, 0) is 0 Å². The molecule has 0 N–H and O–H groups in total. The maximum atomic E-state index is 7.65. The van der Waals surface area contributed by atoms with Crippen molar-refractivity contribution in [3.05, 3.63) is 449 Å². The molecule has 0 unspecified atom stereocenters. The molecule has 0 amide bonds. The van der Waals surface area contributed by atoms with E-state index in [1.54, 1.807) is 0 Å². The van der Waals surface area contributed by atoms with Gasteiger partial charge in [-0.05, 0) is 253 Å². The number of nitrogens with zero attached hydrogens (tertiary/aromatic N) is 7. The number of fused-ring (bicyclic) bond motifs is 23. The quantitative estimate of drug-likeness (QED) is 0.118. The Morgan fingerprint density at radius 2 is 0.632 bits per heavy atom. The molecule has 0 bridgehead atoms. The highest BCUT2D eigenvalue weighted by molar-refractivity contribution is 7.27. The molecule has 0 spiro atoms. The summed E-state index contributed by atoms with van der Waals surface area (Å²) in [6.07, 6.45) is 0. The van der Waals surface area contributed by atoms with E-state index in [9.17, 15) is 0 Å². The van der Waals surface area contributed by atoms with E-state index in [2.05, 4.69) is 483 Å². The number of hydrogen-bond acceptors (Lipinski definition) is 10. The molecule has 23 aromatic rings. The fourth-order valence-corrected chi connectivity index (χ4v) is 24.6. The number of thiophene rings is 1. The lowest BCUT2D eigenvalue weighted by molar-refractivity contribution is 0.669. The largest absolute Gasteiger partial charge is 0.456 e. The summed E-state index contributed by atoms with van der Waals surface area (Å²) in [6.45, 7) is -0.317. The standard InChI is InChI=1S/C120H74B3N7O2S/c1-7-33-78(34-8-1)124(79-35-9-2-10-36-79)86-62-65-95-107(72-86)127(82-41-15-5-16-42-82)103-55-28-56-104-114(103)123(95)98-73-92-88-47-19-24-59-109(88)131-111(92)74-108(98)128(104)84-45-25-31-75(69-84)76-61-68-110-91(71-76)89-63-66-96-117(119(89)132-110)130(106-58-30-54-102-116(106)121(96)93-49-20-22-51-99(93)125(102)80-37-11-3-12-38-80)85-46-26-32-77(70-85)87-48-27-60-112-113(87)90-64-67-97-118(120(90)133-112)129(83-43-17-6-18-44-83)105-57-29-53-101-115(105)122(97)94-50-21-23-52-100(94)126(101)81-39-13-4-14-40-81/h1-74H. The van der Waals surface area contributed by atoms with Crippen LogP contribution in [-0.4, -0.2) is 20.1 Å². The second-order valence-corrected chi connectivity index (χ2v) is 36.7. The van der Waals surface area contributed by atoms with Gasteiger partial charge in [-0.3, -0.25) is 0 Å². The van der Waals surface area contributed by atoms with E-state index in [-0.39, 0.29) is 20.1 Å². The average Bonchev–Trinajstić information content (AvgIpc) is 1.63. The normalized spacial score (nSPS) is 13.4. The molecule has 0 radical (unpaired) electrons. The first-order chi connectivity index (χ1) is 66.0. The summed E-state index contributed by atoms with van der Waals surface area (Å²) in [5.74, 6) is 0. The van der Waals surface area contributed by atoms with Crippen molar-refractivity contribution in [3.63, 3.8) is 0 Å². The Morgan fingerprint density at radius 1 is 0.218 bits per heavy atom. The van der Waals surface area contributed by atoms with Crippen molar-refractivity contribution in [1.82, 2.24) is 0 Å². The van der Waals surface area contributed by atoms with Crippen LogP contribution in [0.15, 0.2) is 458 Å². The summed E-state index contributed by atoms with van der Waals surface area (Å²) in [7, 11) is 0. The molecule has 0 fully saturated rings. The minimum atomic E-state index is -0.158. The van der Waals surface area contributed by atoms with Crippen LogP contribution in [0.25, 0.3) is 86.3 Å². The van der Waals surface area contributed by atoms with Gasteiger partial charge in [0.25, 0.3) is 20.1 Å². The Labute approximate surface area is 772 Å². The molecule has 9 nitrogen and oxygen atoms in total. The van der Waals surface area contributed by atoms with Gasteiger partial charge in [0.15, 0.2) is 5.58 Å². The molecule has 0 saturated carbocycles. The van der Waals surface area contributed by atoms with E-state index in [1.807, 2.05) is 11.3 Å². The molecule has 20 aromatic carbocycles. The average molecular weight is 1710 g/mol. The molecule has 0 saturated heterocycles. The zero-order chi connectivity index (χ0) is 86.8. The first kappa shape index (κ1) is 74.0. The van der Waals surface area contributed by atoms with Gasteiger partial charge < -0.3 is 43.1 Å². The maximum Gasteiger partial charge on any atom is 0.252 e. The van der Waals surface area contributed by atoms with Crippen molar-refractivity contribution < 1.29 is 8.83 Å². The Morgan fingerprint density at radius 3 is 1.24 bits per heavy atom. The van der Waals surface area contributed by atoms with Crippen LogP contribution >= 0.6 is 11.3 Å².